The number of amides is 1. The number of nitrogens with one attached hydrogen (secondary N) is 1. The molecule has 0 aromatic carbocycles. The number of esters is 1. The molecule has 3 heterocycles. The number of methoxy groups -OCH3 is 1. The van der Waals surface area contributed by atoms with Crippen LogP contribution in [0.15, 0.2) is 24.4 Å². The van der Waals surface area contributed by atoms with Gasteiger partial charge in [0.15, 0.2) is 0 Å². The summed E-state index contributed by atoms with van der Waals surface area (Å²) in [5.41, 5.74) is 1.62. The summed E-state index contributed by atoms with van der Waals surface area (Å²) < 4.78 is 12.5. The van der Waals surface area contributed by atoms with Crippen LogP contribution in [-0.4, -0.2) is 59.0 Å². The van der Waals surface area contributed by atoms with E-state index >= 15 is 0 Å². The second kappa shape index (κ2) is 9.65. The number of imidazole rings is 1. The van der Waals surface area contributed by atoms with Gasteiger partial charge in [0.25, 0.3) is 0 Å². The Kier molecular flexibility index (Phi) is 6.97. The maximum Gasteiger partial charge on any atom is 0.338 e. The number of rotatable bonds is 9. The van der Waals surface area contributed by atoms with Crippen LogP contribution in [0, 0.1) is 0 Å². The Hall–Kier alpha value is -3.03. The number of aromatic nitrogens is 2. The molecule has 0 spiro atoms. The molecular formula is C22H30N4O4. The van der Waals surface area contributed by atoms with Crippen molar-refractivity contribution in [3.05, 3.63) is 35.7 Å². The van der Waals surface area contributed by atoms with Crippen molar-refractivity contribution in [2.45, 2.75) is 46.1 Å². The van der Waals surface area contributed by atoms with E-state index in [0.29, 0.717) is 28.5 Å². The van der Waals surface area contributed by atoms with Crippen LogP contribution in [0.25, 0.3) is 11.4 Å². The van der Waals surface area contributed by atoms with Crippen LogP contribution in [0.5, 0.6) is 0 Å². The molecule has 1 atom stereocenters. The summed E-state index contributed by atoms with van der Waals surface area (Å²) in [6.45, 7) is 7.76. The molecule has 0 bridgehead atoms. The lowest BCUT2D eigenvalue weighted by atomic mass is 10.2. The minimum absolute atomic E-state index is 0.0421. The molecule has 8 nitrogen and oxygen atoms in total. The van der Waals surface area contributed by atoms with Crippen molar-refractivity contribution in [2.24, 2.45) is 0 Å². The number of pyridine rings is 1. The summed E-state index contributed by atoms with van der Waals surface area (Å²) in [6, 6.07) is 3.34. The molecule has 1 N–H and O–H groups in total. The average Bonchev–Trinajstić information content (AvgIpc) is 3.33. The molecule has 30 heavy (non-hydrogen) atoms. The highest BCUT2D eigenvalue weighted by molar-refractivity contribution is 5.91. The predicted octanol–water partition coefficient (Wildman–Crippen LogP) is 3.33. The van der Waals surface area contributed by atoms with Gasteiger partial charge in [0.2, 0.25) is 5.91 Å². The first kappa shape index (κ1) is 21.7. The van der Waals surface area contributed by atoms with Crippen molar-refractivity contribution in [1.29, 1.82) is 0 Å². The largest absolute Gasteiger partial charge is 0.488 e. The quantitative estimate of drug-likeness (QED) is 0.634. The molecule has 1 amide bonds. The zero-order valence-electron chi connectivity index (χ0n) is 18.1. The van der Waals surface area contributed by atoms with Gasteiger partial charge < -0.3 is 19.7 Å². The molecular weight excluding hydrogens is 384 g/mol. The summed E-state index contributed by atoms with van der Waals surface area (Å²) in [4.78, 5) is 31.2. The van der Waals surface area contributed by atoms with E-state index in [1.54, 1.807) is 18.3 Å². The van der Waals surface area contributed by atoms with E-state index in [2.05, 4.69) is 24.1 Å². The normalized spacial score (nSPS) is 15.6. The van der Waals surface area contributed by atoms with E-state index in [0.717, 1.165) is 32.4 Å². The van der Waals surface area contributed by atoms with Crippen molar-refractivity contribution in [3.8, 4) is 0 Å². The van der Waals surface area contributed by atoms with Gasteiger partial charge in [-0.3, -0.25) is 9.20 Å². The van der Waals surface area contributed by atoms with Crippen molar-refractivity contribution < 1.29 is 19.1 Å². The van der Waals surface area contributed by atoms with E-state index in [1.807, 2.05) is 22.3 Å². The number of hydrogen-bond acceptors (Lipinski definition) is 6. The molecule has 2 aromatic heterocycles. The van der Waals surface area contributed by atoms with E-state index in [4.69, 9.17) is 9.47 Å². The maximum atomic E-state index is 12.7. The molecule has 0 radical (unpaired) electrons. The number of fused-ring (bicyclic) bond motifs is 1. The van der Waals surface area contributed by atoms with Gasteiger partial charge >= 0.3 is 5.97 Å². The Morgan fingerprint density at radius 3 is 2.67 bits per heavy atom. The molecule has 0 aliphatic carbocycles. The Bertz CT molecular complexity index is 944. The van der Waals surface area contributed by atoms with Crippen LogP contribution in [-0.2, 0) is 14.3 Å². The Labute approximate surface area is 176 Å². The van der Waals surface area contributed by atoms with Crippen LogP contribution in [0.1, 0.15) is 56.1 Å². The van der Waals surface area contributed by atoms with Crippen LogP contribution >= 0.6 is 0 Å². The van der Waals surface area contributed by atoms with E-state index in [-0.39, 0.29) is 18.6 Å². The highest BCUT2D eigenvalue weighted by Gasteiger charge is 2.24. The minimum atomic E-state index is -0.425. The van der Waals surface area contributed by atoms with Gasteiger partial charge in [0.05, 0.1) is 25.3 Å². The molecule has 1 aliphatic heterocycles. The van der Waals surface area contributed by atoms with E-state index in [9.17, 15) is 9.59 Å². The molecule has 2 aromatic rings. The van der Waals surface area contributed by atoms with Gasteiger partial charge in [-0.25, -0.2) is 9.78 Å². The summed E-state index contributed by atoms with van der Waals surface area (Å²) in [7, 11) is 1.35. The third-order valence-electron chi connectivity index (χ3n) is 4.99. The molecule has 8 heteroatoms. The number of anilines is 1. The average molecular weight is 415 g/mol. The third-order valence-corrected chi connectivity index (χ3v) is 4.99. The molecule has 1 unspecified atom stereocenters. The standard InChI is InChI=1S/C22H30N4O4/c1-5-10-25(11-6-2)19(27)14-23-21-20(17-8-7-15(3)30-17)24-18-13-16(22(28)29-4)9-12-26(18)21/h8-9,12-13,15,23H,5-7,10-11,14H2,1-4H3. The second-order valence-corrected chi connectivity index (χ2v) is 7.41. The van der Waals surface area contributed by atoms with E-state index in [1.165, 1.54) is 7.11 Å². The minimum Gasteiger partial charge on any atom is -0.488 e. The first-order valence-corrected chi connectivity index (χ1v) is 10.5. The monoisotopic (exact) mass is 414 g/mol. The van der Waals surface area contributed by atoms with Gasteiger partial charge in [0.1, 0.15) is 22.9 Å². The van der Waals surface area contributed by atoms with Crippen molar-refractivity contribution in [3.63, 3.8) is 0 Å². The summed E-state index contributed by atoms with van der Waals surface area (Å²) >= 11 is 0. The summed E-state index contributed by atoms with van der Waals surface area (Å²) in [5.74, 6) is 0.967. The molecule has 3 rings (SSSR count). The zero-order chi connectivity index (χ0) is 21.7. The van der Waals surface area contributed by atoms with Gasteiger partial charge in [-0.05, 0) is 38.0 Å². The fraction of sp³-hybridized carbons (Fsp3) is 0.500. The third kappa shape index (κ3) is 4.58. The van der Waals surface area contributed by atoms with Gasteiger partial charge in [-0.15, -0.1) is 0 Å². The first-order chi connectivity index (χ1) is 14.5. The lowest BCUT2D eigenvalue weighted by Gasteiger charge is -2.22. The number of ether oxygens (including phenoxy) is 2. The van der Waals surface area contributed by atoms with Crippen LogP contribution in [0.2, 0.25) is 0 Å². The molecule has 1 aliphatic rings. The predicted molar refractivity (Wildman–Crippen MR) is 115 cm³/mol. The van der Waals surface area contributed by atoms with Gasteiger partial charge in [0, 0.05) is 25.7 Å². The van der Waals surface area contributed by atoms with Crippen molar-refractivity contribution >= 4 is 29.1 Å². The van der Waals surface area contributed by atoms with Crippen molar-refractivity contribution in [1.82, 2.24) is 14.3 Å². The highest BCUT2D eigenvalue weighted by Crippen LogP contribution is 2.31. The molecule has 0 saturated heterocycles. The molecule has 0 fully saturated rings. The topological polar surface area (TPSA) is 85.2 Å². The summed E-state index contributed by atoms with van der Waals surface area (Å²) in [5, 5.41) is 3.26. The fourth-order valence-electron chi connectivity index (χ4n) is 3.54. The number of carbonyl (C=O) groups excluding carboxylic acids is 2. The van der Waals surface area contributed by atoms with Gasteiger partial charge in [-0.2, -0.15) is 0 Å². The Morgan fingerprint density at radius 1 is 1.33 bits per heavy atom. The highest BCUT2D eigenvalue weighted by atomic mass is 16.5. The number of nitrogens with zero attached hydrogens (tertiary/aromatic N) is 3. The molecule has 162 valence electrons. The maximum absolute atomic E-state index is 12.7. The lowest BCUT2D eigenvalue weighted by Crippen LogP contribution is -2.36. The number of carbonyl (C=O) groups is 2. The number of hydrogen-bond donors (Lipinski definition) is 1. The Balaban J connectivity index is 1.92. The van der Waals surface area contributed by atoms with Crippen LogP contribution in [0.3, 0.4) is 0 Å². The SMILES string of the molecule is CCCN(CCC)C(=O)CNc1c(C2=CCC(C)O2)nc2cc(C(=O)OC)ccn12. The molecule has 0 saturated carbocycles. The zero-order valence-corrected chi connectivity index (χ0v) is 18.1. The van der Waals surface area contributed by atoms with Crippen LogP contribution < -0.4 is 5.32 Å². The van der Waals surface area contributed by atoms with Crippen LogP contribution in [0.4, 0.5) is 5.82 Å². The lowest BCUT2D eigenvalue weighted by molar-refractivity contribution is -0.129. The Morgan fingerprint density at radius 2 is 2.07 bits per heavy atom. The smallest absolute Gasteiger partial charge is 0.338 e. The summed E-state index contributed by atoms with van der Waals surface area (Å²) in [6.07, 6.45) is 6.47. The second-order valence-electron chi connectivity index (χ2n) is 7.41. The first-order valence-electron chi connectivity index (χ1n) is 10.5. The van der Waals surface area contributed by atoms with E-state index < -0.39 is 5.97 Å². The van der Waals surface area contributed by atoms with Gasteiger partial charge in [-0.1, -0.05) is 13.8 Å². The fourth-order valence-corrected chi connectivity index (χ4v) is 3.54. The van der Waals surface area contributed by atoms with Crippen molar-refractivity contribution in [2.75, 3.05) is 32.1 Å².